The number of amides is 1. The largest absolute Gasteiger partial charge is 0.480 e. The van der Waals surface area contributed by atoms with Gasteiger partial charge in [0.05, 0.1) is 6.21 Å². The van der Waals surface area contributed by atoms with E-state index in [1.165, 1.54) is 6.21 Å². The van der Waals surface area contributed by atoms with Crippen molar-refractivity contribution in [2.45, 2.75) is 25.3 Å². The second kappa shape index (κ2) is 12.2. The number of alkyl carbamates (subject to hydrolysis) is 1. The third kappa shape index (κ3) is 10.1. The lowest BCUT2D eigenvalue weighted by molar-refractivity contribution is -0.139. The minimum Gasteiger partial charge on any atom is -0.480 e. The summed E-state index contributed by atoms with van der Waals surface area (Å²) in [5.41, 5.74) is 5.16. The summed E-state index contributed by atoms with van der Waals surface area (Å²) in [6.45, 7) is 1.35. The van der Waals surface area contributed by atoms with Crippen LogP contribution in [0.15, 0.2) is 5.16 Å². The normalized spacial score (nSPS) is 12.2. The van der Waals surface area contributed by atoms with Gasteiger partial charge in [-0.1, -0.05) is 0 Å². The van der Waals surface area contributed by atoms with Crippen LogP contribution in [0.5, 0.6) is 0 Å². The number of nitrogens with two attached hydrogens (primary N) is 1. The van der Waals surface area contributed by atoms with Crippen LogP contribution < -0.4 is 16.4 Å². The first-order valence-electron chi connectivity index (χ1n) is 6.34. The minimum atomic E-state index is -1.10. The van der Waals surface area contributed by atoms with Gasteiger partial charge in [-0.3, -0.25) is 0 Å². The molecule has 0 aliphatic rings. The zero-order valence-electron chi connectivity index (χ0n) is 11.2. The zero-order valence-corrected chi connectivity index (χ0v) is 11.2. The lowest BCUT2D eigenvalue weighted by Crippen LogP contribution is -2.41. The fourth-order valence-electron chi connectivity index (χ4n) is 1.40. The second-order valence-electron chi connectivity index (χ2n) is 3.96. The van der Waals surface area contributed by atoms with Crippen LogP contribution in [0.2, 0.25) is 0 Å². The van der Waals surface area contributed by atoms with Crippen LogP contribution in [0, 0.1) is 0 Å². The number of carbonyl (C=O) groups excluding carboxylic acids is 1. The Morgan fingerprint density at radius 2 is 2.15 bits per heavy atom. The minimum absolute atomic E-state index is 0.0501. The van der Waals surface area contributed by atoms with E-state index < -0.39 is 18.1 Å². The fraction of sp³-hybridized carbons (Fsp3) is 0.727. The van der Waals surface area contributed by atoms with E-state index in [9.17, 15) is 9.59 Å². The van der Waals surface area contributed by atoms with E-state index in [0.29, 0.717) is 25.9 Å². The molecule has 0 saturated carbocycles. The number of carbonyl (C=O) groups is 2. The van der Waals surface area contributed by atoms with Crippen molar-refractivity contribution in [1.82, 2.24) is 10.6 Å². The van der Waals surface area contributed by atoms with Crippen LogP contribution in [-0.2, 0) is 9.53 Å². The second-order valence-corrected chi connectivity index (χ2v) is 3.96. The lowest BCUT2D eigenvalue weighted by Gasteiger charge is -2.14. The molecule has 0 aromatic carbocycles. The van der Waals surface area contributed by atoms with Crippen molar-refractivity contribution in [2.24, 2.45) is 10.9 Å². The predicted molar refractivity (Wildman–Crippen MR) is 72.0 cm³/mol. The summed E-state index contributed by atoms with van der Waals surface area (Å²) in [5.74, 6) is -1.10. The van der Waals surface area contributed by atoms with E-state index in [-0.39, 0.29) is 13.2 Å². The third-order valence-corrected chi connectivity index (χ3v) is 2.35. The number of aliphatic carboxylic acids is 1. The van der Waals surface area contributed by atoms with Crippen LogP contribution in [0.3, 0.4) is 0 Å². The molecule has 1 atom stereocenters. The van der Waals surface area contributed by atoms with Crippen LogP contribution in [-0.4, -0.2) is 60.9 Å². The number of rotatable bonds is 11. The van der Waals surface area contributed by atoms with E-state index in [1.807, 2.05) is 0 Å². The van der Waals surface area contributed by atoms with E-state index >= 15 is 0 Å². The molecule has 1 amide bonds. The van der Waals surface area contributed by atoms with Gasteiger partial charge in [0.2, 0.25) is 0 Å². The van der Waals surface area contributed by atoms with Gasteiger partial charge in [0.15, 0.2) is 0 Å². The first-order chi connectivity index (χ1) is 9.61. The summed E-state index contributed by atoms with van der Waals surface area (Å²) in [6, 6.07) is -0.973. The standard InChI is InChI=1S/C11H22N4O5/c12-4-8-20-11(18)15-9(10(16)17)3-1-2-5-13-6-7-14-19/h7,9,13,19H,1-6,8,12H2,(H,15,18)(H,16,17)/t9-/m0/s1. The Balaban J connectivity index is 3.80. The molecule has 0 saturated heterocycles. The van der Waals surface area contributed by atoms with E-state index in [0.717, 1.165) is 6.42 Å². The first kappa shape index (κ1) is 18.1. The Morgan fingerprint density at radius 1 is 1.40 bits per heavy atom. The Hall–Kier alpha value is -1.87. The molecule has 9 nitrogen and oxygen atoms in total. The third-order valence-electron chi connectivity index (χ3n) is 2.35. The maximum absolute atomic E-state index is 11.2. The average Bonchev–Trinajstić information content (AvgIpc) is 2.42. The molecule has 6 N–H and O–H groups in total. The lowest BCUT2D eigenvalue weighted by atomic mass is 10.1. The summed E-state index contributed by atoms with van der Waals surface area (Å²) < 4.78 is 4.65. The fourth-order valence-corrected chi connectivity index (χ4v) is 1.40. The number of unbranched alkanes of at least 4 members (excludes halogenated alkanes) is 1. The van der Waals surface area contributed by atoms with E-state index in [1.54, 1.807) is 0 Å². The van der Waals surface area contributed by atoms with Crippen LogP contribution in [0.1, 0.15) is 19.3 Å². The van der Waals surface area contributed by atoms with Crippen molar-refractivity contribution in [2.75, 3.05) is 26.2 Å². The summed E-state index contributed by atoms with van der Waals surface area (Å²) in [5, 5.41) is 25.2. The topological polar surface area (TPSA) is 146 Å². The molecule has 0 unspecified atom stereocenters. The SMILES string of the molecule is NCCOC(=O)N[C@@H](CCCCNCC=NO)C(=O)O. The molecular formula is C11H22N4O5. The van der Waals surface area contributed by atoms with Crippen LogP contribution >= 0.6 is 0 Å². The van der Waals surface area contributed by atoms with Gasteiger partial charge in [0, 0.05) is 13.1 Å². The van der Waals surface area contributed by atoms with Crippen molar-refractivity contribution < 1.29 is 24.6 Å². The number of oxime groups is 1. The smallest absolute Gasteiger partial charge is 0.407 e. The van der Waals surface area contributed by atoms with Gasteiger partial charge in [0.1, 0.15) is 12.6 Å². The Kier molecular flexibility index (Phi) is 11.0. The molecule has 20 heavy (non-hydrogen) atoms. The van der Waals surface area contributed by atoms with E-state index in [4.69, 9.17) is 16.0 Å². The highest BCUT2D eigenvalue weighted by atomic mass is 16.5. The van der Waals surface area contributed by atoms with Gasteiger partial charge >= 0.3 is 12.1 Å². The van der Waals surface area contributed by atoms with Gasteiger partial charge in [-0.15, -0.1) is 5.16 Å². The van der Waals surface area contributed by atoms with Gasteiger partial charge in [-0.2, -0.15) is 0 Å². The average molecular weight is 290 g/mol. The van der Waals surface area contributed by atoms with Crippen LogP contribution in [0.4, 0.5) is 4.79 Å². The molecule has 0 fully saturated rings. The Bertz CT molecular complexity index is 311. The highest BCUT2D eigenvalue weighted by molar-refractivity contribution is 5.79. The number of nitrogens with one attached hydrogen (secondary N) is 2. The first-order valence-corrected chi connectivity index (χ1v) is 6.34. The Morgan fingerprint density at radius 3 is 2.75 bits per heavy atom. The number of hydrogen-bond donors (Lipinski definition) is 5. The molecule has 0 rings (SSSR count). The molecule has 9 heteroatoms. The summed E-state index contributed by atoms with van der Waals surface area (Å²) >= 11 is 0. The van der Waals surface area contributed by atoms with Crippen LogP contribution in [0.25, 0.3) is 0 Å². The van der Waals surface area contributed by atoms with Crippen molar-refractivity contribution in [1.29, 1.82) is 0 Å². The molecule has 0 aliphatic heterocycles. The van der Waals surface area contributed by atoms with Crippen molar-refractivity contribution in [3.8, 4) is 0 Å². The van der Waals surface area contributed by atoms with E-state index in [2.05, 4.69) is 20.5 Å². The maximum Gasteiger partial charge on any atom is 0.407 e. The molecule has 0 radical (unpaired) electrons. The maximum atomic E-state index is 11.2. The predicted octanol–water partition coefficient (Wildman–Crippen LogP) is -0.656. The monoisotopic (exact) mass is 290 g/mol. The van der Waals surface area contributed by atoms with Gasteiger partial charge in [-0.25, -0.2) is 9.59 Å². The van der Waals surface area contributed by atoms with Crippen molar-refractivity contribution in [3.05, 3.63) is 0 Å². The number of carboxylic acids is 1. The van der Waals surface area contributed by atoms with Gasteiger partial charge < -0.3 is 31.4 Å². The Labute approximate surface area is 117 Å². The number of nitrogens with zero attached hydrogens (tertiary/aromatic N) is 1. The van der Waals surface area contributed by atoms with Gasteiger partial charge in [-0.05, 0) is 25.8 Å². The number of hydrogen-bond acceptors (Lipinski definition) is 7. The summed E-state index contributed by atoms with van der Waals surface area (Å²) in [6.07, 6.45) is 2.21. The molecule has 0 aromatic heterocycles. The summed E-state index contributed by atoms with van der Waals surface area (Å²) in [4.78, 5) is 22.2. The number of carboxylic acid groups (broad SMARTS) is 1. The molecule has 0 heterocycles. The zero-order chi connectivity index (χ0) is 15.2. The molecular weight excluding hydrogens is 268 g/mol. The van der Waals surface area contributed by atoms with Crippen molar-refractivity contribution in [3.63, 3.8) is 0 Å². The molecule has 0 aliphatic carbocycles. The molecule has 0 bridgehead atoms. The number of ether oxygens (including phenoxy) is 1. The molecule has 116 valence electrons. The quantitative estimate of drug-likeness (QED) is 0.147. The molecule has 0 spiro atoms. The van der Waals surface area contributed by atoms with Crippen molar-refractivity contribution >= 4 is 18.3 Å². The molecule has 0 aromatic rings. The summed E-state index contributed by atoms with van der Waals surface area (Å²) in [7, 11) is 0. The van der Waals surface area contributed by atoms with Gasteiger partial charge in [0.25, 0.3) is 0 Å². The highest BCUT2D eigenvalue weighted by Gasteiger charge is 2.19. The highest BCUT2D eigenvalue weighted by Crippen LogP contribution is 2.01.